The number of aromatic hydroxyl groups is 1. The summed E-state index contributed by atoms with van der Waals surface area (Å²) in [6.07, 6.45) is 2.93. The molecule has 0 atom stereocenters. The Morgan fingerprint density at radius 1 is 1.20 bits per heavy atom. The van der Waals surface area contributed by atoms with E-state index in [1.165, 1.54) is 43.1 Å². The maximum absolute atomic E-state index is 12.3. The van der Waals surface area contributed by atoms with Crippen molar-refractivity contribution in [3.63, 3.8) is 0 Å². The molecule has 0 saturated heterocycles. The molecule has 8 nitrogen and oxygen atoms in total. The van der Waals surface area contributed by atoms with Gasteiger partial charge in [-0.3, -0.25) is 9.59 Å². The minimum Gasteiger partial charge on any atom is -0.506 e. The van der Waals surface area contributed by atoms with Gasteiger partial charge in [-0.15, -0.1) is 0 Å². The number of nitrogens with one attached hydrogen (secondary N) is 1. The lowest BCUT2D eigenvalue weighted by atomic mass is 10.2. The number of nitrogens with zero attached hydrogens (tertiary/aromatic N) is 1. The van der Waals surface area contributed by atoms with E-state index in [1.54, 1.807) is 37.5 Å². The number of anilines is 1. The highest BCUT2D eigenvalue weighted by atomic mass is 32.2. The van der Waals surface area contributed by atoms with Gasteiger partial charge in [0.05, 0.1) is 30.0 Å². The smallest absolute Gasteiger partial charge is 0.246 e. The highest BCUT2D eigenvalue weighted by molar-refractivity contribution is 7.91. The molecule has 2 aromatic carbocycles. The summed E-state index contributed by atoms with van der Waals surface area (Å²) in [6, 6.07) is 10.8. The minimum absolute atomic E-state index is 0.0104. The van der Waals surface area contributed by atoms with Gasteiger partial charge in [0, 0.05) is 13.1 Å². The average Bonchev–Trinajstić information content (AvgIpc) is 2.73. The van der Waals surface area contributed by atoms with E-state index in [-0.39, 0.29) is 28.6 Å². The molecule has 2 rings (SSSR count). The van der Waals surface area contributed by atoms with E-state index in [9.17, 15) is 23.1 Å². The predicted octanol–water partition coefficient (Wildman–Crippen LogP) is 2.30. The number of amides is 2. The van der Waals surface area contributed by atoms with Crippen LogP contribution in [0.4, 0.5) is 5.69 Å². The molecule has 0 aliphatic heterocycles. The molecule has 2 N–H and O–H groups in total. The summed E-state index contributed by atoms with van der Waals surface area (Å²) in [5, 5.41) is 12.3. The van der Waals surface area contributed by atoms with Gasteiger partial charge in [-0.25, -0.2) is 8.42 Å². The van der Waals surface area contributed by atoms with Crippen molar-refractivity contribution >= 4 is 33.4 Å². The van der Waals surface area contributed by atoms with Crippen molar-refractivity contribution in [2.45, 2.75) is 11.8 Å². The third-order valence-electron chi connectivity index (χ3n) is 4.25. The monoisotopic (exact) mass is 432 g/mol. The lowest BCUT2D eigenvalue weighted by Gasteiger charge is -2.15. The molecule has 0 fully saturated rings. The molecule has 2 amide bonds. The average molecular weight is 432 g/mol. The Morgan fingerprint density at radius 2 is 1.93 bits per heavy atom. The number of rotatable bonds is 8. The van der Waals surface area contributed by atoms with Crippen LogP contribution >= 0.6 is 0 Å². The summed E-state index contributed by atoms with van der Waals surface area (Å²) in [6.45, 7) is 1.21. The number of hydrogen-bond acceptors (Lipinski definition) is 6. The van der Waals surface area contributed by atoms with E-state index >= 15 is 0 Å². The number of phenolic OH excluding ortho intramolecular Hbond substituents is 1. The van der Waals surface area contributed by atoms with Crippen LogP contribution < -0.4 is 10.1 Å². The second-order valence-corrected chi connectivity index (χ2v) is 8.71. The van der Waals surface area contributed by atoms with E-state index in [0.717, 1.165) is 5.56 Å². The predicted molar refractivity (Wildman–Crippen MR) is 114 cm³/mol. The first-order valence-electron chi connectivity index (χ1n) is 9.09. The maximum Gasteiger partial charge on any atom is 0.246 e. The first-order chi connectivity index (χ1) is 14.2. The number of carbonyl (C=O) groups is 2. The Hall–Kier alpha value is -3.33. The zero-order chi connectivity index (χ0) is 22.3. The largest absolute Gasteiger partial charge is 0.506 e. The van der Waals surface area contributed by atoms with Crippen molar-refractivity contribution in [3.05, 3.63) is 54.1 Å². The van der Waals surface area contributed by atoms with Gasteiger partial charge in [0.1, 0.15) is 11.5 Å². The van der Waals surface area contributed by atoms with Gasteiger partial charge in [0.25, 0.3) is 0 Å². The maximum atomic E-state index is 12.3. The topological polar surface area (TPSA) is 113 Å². The van der Waals surface area contributed by atoms with Crippen LogP contribution in [0.25, 0.3) is 6.08 Å². The third kappa shape index (κ3) is 6.08. The molecule has 0 bridgehead atoms. The Kier molecular flexibility index (Phi) is 7.60. The molecule has 30 heavy (non-hydrogen) atoms. The van der Waals surface area contributed by atoms with Crippen LogP contribution in [-0.4, -0.2) is 56.7 Å². The summed E-state index contributed by atoms with van der Waals surface area (Å²) in [4.78, 5) is 25.7. The van der Waals surface area contributed by atoms with Crippen molar-refractivity contribution in [3.8, 4) is 11.5 Å². The number of likely N-dealkylation sites (N-methyl/N-ethyl adjacent to an activating group) is 1. The van der Waals surface area contributed by atoms with Crippen molar-refractivity contribution in [2.24, 2.45) is 0 Å². The number of carbonyl (C=O) groups excluding carboxylic acids is 2. The molecule has 0 unspecified atom stereocenters. The first-order valence-corrected chi connectivity index (χ1v) is 10.7. The second-order valence-electron chi connectivity index (χ2n) is 6.43. The summed E-state index contributed by atoms with van der Waals surface area (Å²) in [5.74, 6) is -0.710. The van der Waals surface area contributed by atoms with Gasteiger partial charge >= 0.3 is 0 Å². The van der Waals surface area contributed by atoms with Crippen LogP contribution in [0.1, 0.15) is 12.5 Å². The number of hydrogen-bond donors (Lipinski definition) is 2. The molecule has 0 aliphatic rings. The molecular formula is C21H24N2O6S. The summed E-state index contributed by atoms with van der Waals surface area (Å²) in [5.41, 5.74) is 0.724. The number of ether oxygens (including phenoxy) is 1. The fraction of sp³-hybridized carbons (Fsp3) is 0.238. The van der Waals surface area contributed by atoms with Crippen LogP contribution in [0.15, 0.2) is 53.4 Å². The van der Waals surface area contributed by atoms with E-state index in [1.807, 2.05) is 0 Å². The highest BCUT2D eigenvalue weighted by Gasteiger charge is 2.16. The fourth-order valence-corrected chi connectivity index (χ4v) is 3.40. The fourth-order valence-electron chi connectivity index (χ4n) is 2.50. The number of benzene rings is 2. The van der Waals surface area contributed by atoms with Crippen molar-refractivity contribution < 1.29 is 27.9 Å². The Morgan fingerprint density at radius 3 is 2.60 bits per heavy atom. The van der Waals surface area contributed by atoms with Gasteiger partial charge in [-0.05, 0) is 42.0 Å². The van der Waals surface area contributed by atoms with Gasteiger partial charge in [0.15, 0.2) is 9.84 Å². The van der Waals surface area contributed by atoms with Gasteiger partial charge in [-0.1, -0.05) is 19.1 Å². The van der Waals surface area contributed by atoms with Crippen molar-refractivity contribution in [1.82, 2.24) is 4.90 Å². The lowest BCUT2D eigenvalue weighted by molar-refractivity contribution is -0.129. The highest BCUT2D eigenvalue weighted by Crippen LogP contribution is 2.27. The van der Waals surface area contributed by atoms with E-state index in [4.69, 9.17) is 4.74 Å². The van der Waals surface area contributed by atoms with E-state index in [2.05, 4.69) is 5.32 Å². The summed E-state index contributed by atoms with van der Waals surface area (Å²) < 4.78 is 29.1. The normalized spacial score (nSPS) is 11.3. The second kappa shape index (κ2) is 9.93. The number of sulfone groups is 1. The molecule has 0 radical (unpaired) electrons. The molecule has 0 aromatic heterocycles. The molecule has 0 spiro atoms. The standard InChI is InChI=1S/C21H24N2O6S/c1-4-30(27,28)17-9-10-19(24)18(13-17)22-20(25)14-23(2)21(26)11-8-15-6-5-7-16(12-15)29-3/h5-13,24H,4,14H2,1-3H3,(H,22,25)/b11-8+. The molecular weight excluding hydrogens is 408 g/mol. The Bertz CT molecular complexity index is 1060. The molecule has 9 heteroatoms. The molecule has 0 heterocycles. The van der Waals surface area contributed by atoms with Crippen molar-refractivity contribution in [1.29, 1.82) is 0 Å². The molecule has 0 aliphatic carbocycles. The molecule has 160 valence electrons. The van der Waals surface area contributed by atoms with Crippen LogP contribution in [0.2, 0.25) is 0 Å². The Labute approximate surface area is 175 Å². The van der Waals surface area contributed by atoms with E-state index in [0.29, 0.717) is 5.75 Å². The minimum atomic E-state index is -3.49. The number of methoxy groups -OCH3 is 1. The SMILES string of the molecule is CCS(=O)(=O)c1ccc(O)c(NC(=O)CN(C)C(=O)/C=C/c2cccc(OC)c2)c1. The lowest BCUT2D eigenvalue weighted by Crippen LogP contribution is -2.33. The zero-order valence-electron chi connectivity index (χ0n) is 17.0. The molecule has 0 saturated carbocycles. The first kappa shape index (κ1) is 23.0. The summed E-state index contributed by atoms with van der Waals surface area (Å²) in [7, 11) is -0.492. The van der Waals surface area contributed by atoms with Crippen LogP contribution in [0.3, 0.4) is 0 Å². The van der Waals surface area contributed by atoms with Crippen molar-refractivity contribution in [2.75, 3.05) is 31.8 Å². The third-order valence-corrected chi connectivity index (χ3v) is 5.98. The Balaban J connectivity index is 2.02. The van der Waals surface area contributed by atoms with Gasteiger partial charge < -0.3 is 20.1 Å². The quantitative estimate of drug-likeness (QED) is 0.489. The van der Waals surface area contributed by atoms with Crippen LogP contribution in [0.5, 0.6) is 11.5 Å². The van der Waals surface area contributed by atoms with E-state index < -0.39 is 21.7 Å². The van der Waals surface area contributed by atoms with Crippen LogP contribution in [-0.2, 0) is 19.4 Å². The van der Waals surface area contributed by atoms with Crippen LogP contribution in [0, 0.1) is 0 Å². The molecule has 2 aromatic rings. The van der Waals surface area contributed by atoms with Gasteiger partial charge in [-0.2, -0.15) is 0 Å². The van der Waals surface area contributed by atoms with Gasteiger partial charge in [0.2, 0.25) is 11.8 Å². The zero-order valence-corrected chi connectivity index (χ0v) is 17.8. The number of phenols is 1. The summed E-state index contributed by atoms with van der Waals surface area (Å²) >= 11 is 0.